The molecule has 192 valence electrons. The quantitative estimate of drug-likeness (QED) is 0.325. The maximum absolute atomic E-state index is 14.4. The normalized spacial score (nSPS) is 17.8. The Kier molecular flexibility index (Phi) is 6.98. The van der Waals surface area contributed by atoms with Crippen molar-refractivity contribution in [3.63, 3.8) is 0 Å². The fraction of sp³-hybridized carbons (Fsp3) is 0.259. The van der Waals surface area contributed by atoms with Gasteiger partial charge in [-0.3, -0.25) is 10.2 Å². The summed E-state index contributed by atoms with van der Waals surface area (Å²) >= 11 is 12.6. The lowest BCUT2D eigenvalue weighted by atomic mass is 10.00. The van der Waals surface area contributed by atoms with E-state index in [0.29, 0.717) is 52.0 Å². The number of anilines is 2. The van der Waals surface area contributed by atoms with E-state index >= 15 is 0 Å². The molecule has 37 heavy (non-hydrogen) atoms. The second-order valence-corrected chi connectivity index (χ2v) is 10.1. The molecule has 0 radical (unpaired) electrons. The first-order valence-electron chi connectivity index (χ1n) is 11.9. The summed E-state index contributed by atoms with van der Waals surface area (Å²) in [6.07, 6.45) is -0.375. The number of halogens is 3. The number of fused-ring (bicyclic) bond motifs is 1. The second-order valence-electron chi connectivity index (χ2n) is 9.22. The Morgan fingerprint density at radius 2 is 1.92 bits per heavy atom. The fourth-order valence-electron chi connectivity index (χ4n) is 5.07. The molecular formula is C27H26Cl2FN5O2. The van der Waals surface area contributed by atoms with Gasteiger partial charge in [-0.2, -0.15) is 0 Å². The number of hydrogen-bond donors (Lipinski definition) is 3. The van der Waals surface area contributed by atoms with Crippen LogP contribution in [0.4, 0.5) is 15.8 Å². The lowest BCUT2D eigenvalue weighted by molar-refractivity contribution is -0.114. The Labute approximate surface area is 223 Å². The molecule has 10 heteroatoms. The van der Waals surface area contributed by atoms with Crippen LogP contribution < -0.4 is 15.8 Å². The molecule has 7 nitrogen and oxygen atoms in total. The fourth-order valence-corrected chi connectivity index (χ4v) is 5.43. The van der Waals surface area contributed by atoms with E-state index < -0.39 is 18.0 Å². The molecule has 1 amide bonds. The van der Waals surface area contributed by atoms with Gasteiger partial charge in [0.25, 0.3) is 0 Å². The van der Waals surface area contributed by atoms with Crippen molar-refractivity contribution >= 4 is 51.5 Å². The van der Waals surface area contributed by atoms with Crippen LogP contribution in [0.3, 0.4) is 0 Å². The Bertz CT molecular complexity index is 1550. The molecule has 0 spiro atoms. The van der Waals surface area contributed by atoms with Crippen LogP contribution in [0, 0.1) is 11.2 Å². The highest BCUT2D eigenvalue weighted by atomic mass is 35.5. The zero-order valence-electron chi connectivity index (χ0n) is 20.1. The third kappa shape index (κ3) is 4.97. The van der Waals surface area contributed by atoms with Gasteiger partial charge in [-0.05, 0) is 54.4 Å². The molecule has 1 aliphatic rings. The summed E-state index contributed by atoms with van der Waals surface area (Å²) in [4.78, 5) is 13.7. The van der Waals surface area contributed by atoms with Crippen molar-refractivity contribution in [2.45, 2.75) is 32.0 Å². The van der Waals surface area contributed by atoms with Crippen molar-refractivity contribution in [2.24, 2.45) is 0 Å². The number of nitrogens with one attached hydrogen (secondary N) is 2. The average Bonchev–Trinajstić information content (AvgIpc) is 3.11. The van der Waals surface area contributed by atoms with Gasteiger partial charge in [-0.1, -0.05) is 41.4 Å². The van der Waals surface area contributed by atoms with Gasteiger partial charge in [-0.25, -0.2) is 4.39 Å². The summed E-state index contributed by atoms with van der Waals surface area (Å²) in [6.45, 7) is 2.55. The van der Waals surface area contributed by atoms with Gasteiger partial charge in [0.05, 0.1) is 41.1 Å². The molecule has 1 aliphatic heterocycles. The number of β-amino-alcohol motifs (C(OH)–C–C–N with tert-alkyl or cyclic N) is 1. The van der Waals surface area contributed by atoms with Crippen molar-refractivity contribution in [3.05, 3.63) is 87.7 Å². The minimum atomic E-state index is -0.866. The first-order chi connectivity index (χ1) is 17.7. The van der Waals surface area contributed by atoms with E-state index in [0.717, 1.165) is 5.56 Å². The molecule has 3 N–H and O–H groups in total. The van der Waals surface area contributed by atoms with Crippen molar-refractivity contribution in [3.8, 4) is 0 Å². The number of carbonyl (C=O) groups is 1. The van der Waals surface area contributed by atoms with Gasteiger partial charge >= 0.3 is 0 Å². The summed E-state index contributed by atoms with van der Waals surface area (Å²) in [5.74, 6) is -0.622. The standard InChI is InChI=1S/C27H26Cl2FN5O2/c1-16(36)32-21-8-6-18(28)12-24(21)33-11-10-23(26(37)15-33)35-25-13-19(30)7-9-22(25)34(27(35)31)14-17-4-2-3-5-20(17)29/h2-9,12-13,23,26,31,37H,10-11,14-15H2,1H3,(H,32,36)/t23?,26-/m0/s1. The minimum Gasteiger partial charge on any atom is -0.389 e. The maximum atomic E-state index is 14.4. The molecule has 3 aromatic carbocycles. The predicted molar refractivity (Wildman–Crippen MR) is 144 cm³/mol. The van der Waals surface area contributed by atoms with Crippen LogP contribution in [0.15, 0.2) is 60.7 Å². The minimum absolute atomic E-state index is 0.153. The topological polar surface area (TPSA) is 86.3 Å². The third-order valence-corrected chi connectivity index (χ3v) is 7.35. The average molecular weight is 542 g/mol. The number of hydrogen-bond acceptors (Lipinski definition) is 4. The largest absolute Gasteiger partial charge is 0.389 e. The third-order valence-electron chi connectivity index (χ3n) is 6.75. The van der Waals surface area contributed by atoms with Crippen molar-refractivity contribution in [1.29, 1.82) is 5.41 Å². The Morgan fingerprint density at radius 3 is 2.65 bits per heavy atom. The van der Waals surface area contributed by atoms with Crippen LogP contribution in [-0.2, 0) is 11.3 Å². The van der Waals surface area contributed by atoms with Crippen LogP contribution in [-0.4, -0.2) is 39.3 Å². The number of carbonyl (C=O) groups excluding carboxylic acids is 1. The number of benzene rings is 3. The van der Waals surface area contributed by atoms with Crippen LogP contribution in [0.25, 0.3) is 11.0 Å². The first kappa shape index (κ1) is 25.3. The second kappa shape index (κ2) is 10.2. The molecule has 1 aromatic heterocycles. The summed E-state index contributed by atoms with van der Waals surface area (Å²) < 4.78 is 17.9. The van der Waals surface area contributed by atoms with Crippen molar-refractivity contribution < 1.29 is 14.3 Å². The van der Waals surface area contributed by atoms with Crippen molar-refractivity contribution in [2.75, 3.05) is 23.3 Å². The molecule has 2 heterocycles. The highest BCUT2D eigenvalue weighted by Crippen LogP contribution is 2.35. The smallest absolute Gasteiger partial charge is 0.221 e. The molecule has 0 bridgehead atoms. The summed E-state index contributed by atoms with van der Waals surface area (Å²) in [6, 6.07) is 16.6. The van der Waals surface area contributed by atoms with Gasteiger partial charge in [-0.15, -0.1) is 0 Å². The molecule has 1 fully saturated rings. The number of amides is 1. The lowest BCUT2D eigenvalue weighted by Gasteiger charge is -2.38. The van der Waals surface area contributed by atoms with E-state index in [1.165, 1.54) is 19.1 Å². The van der Waals surface area contributed by atoms with Gasteiger partial charge < -0.3 is 24.5 Å². The van der Waals surface area contributed by atoms with Crippen molar-refractivity contribution in [1.82, 2.24) is 9.13 Å². The number of aromatic nitrogens is 2. The van der Waals surface area contributed by atoms with Gasteiger partial charge in [0, 0.05) is 30.1 Å². The molecule has 1 saturated heterocycles. The first-order valence-corrected chi connectivity index (χ1v) is 12.7. The van der Waals surface area contributed by atoms with E-state index in [-0.39, 0.29) is 18.1 Å². The Hall–Kier alpha value is -3.33. The van der Waals surface area contributed by atoms with Gasteiger partial charge in [0.15, 0.2) is 0 Å². The van der Waals surface area contributed by atoms with E-state index in [9.17, 15) is 14.3 Å². The maximum Gasteiger partial charge on any atom is 0.221 e. The van der Waals surface area contributed by atoms with E-state index in [1.807, 2.05) is 23.1 Å². The van der Waals surface area contributed by atoms with Crippen LogP contribution in [0.2, 0.25) is 10.0 Å². The number of nitrogens with zero attached hydrogens (tertiary/aromatic N) is 3. The molecule has 0 saturated carbocycles. The van der Waals surface area contributed by atoms with Gasteiger partial charge in [0.2, 0.25) is 11.5 Å². The summed E-state index contributed by atoms with van der Waals surface area (Å²) in [5.41, 5.74) is 3.53. The van der Waals surface area contributed by atoms with Crippen LogP contribution in [0.1, 0.15) is 24.9 Å². The zero-order valence-corrected chi connectivity index (χ0v) is 21.6. The molecule has 5 rings (SSSR count). The van der Waals surface area contributed by atoms with E-state index in [1.54, 1.807) is 39.5 Å². The molecule has 2 atom stereocenters. The zero-order chi connectivity index (χ0) is 26.3. The Morgan fingerprint density at radius 1 is 1.14 bits per heavy atom. The number of aliphatic hydroxyl groups excluding tert-OH is 1. The van der Waals surface area contributed by atoms with E-state index in [2.05, 4.69) is 5.32 Å². The number of imidazole rings is 1. The Balaban J connectivity index is 1.51. The number of rotatable bonds is 5. The predicted octanol–water partition coefficient (Wildman–Crippen LogP) is 5.19. The SMILES string of the molecule is CC(=O)Nc1ccc(Cl)cc1N1CCC(n2c(=N)n(Cc3ccccc3Cl)c3ccc(F)cc32)[C@@H](O)C1. The van der Waals surface area contributed by atoms with E-state index in [4.69, 9.17) is 28.6 Å². The van der Waals surface area contributed by atoms with Gasteiger partial charge in [0.1, 0.15) is 5.82 Å². The molecule has 1 unspecified atom stereocenters. The number of piperidine rings is 1. The van der Waals surface area contributed by atoms with Crippen LogP contribution >= 0.6 is 23.2 Å². The molecule has 4 aromatic rings. The highest BCUT2D eigenvalue weighted by Gasteiger charge is 2.32. The number of aliphatic hydroxyl groups is 1. The molecular weight excluding hydrogens is 516 g/mol. The molecule has 0 aliphatic carbocycles. The highest BCUT2D eigenvalue weighted by molar-refractivity contribution is 6.31. The summed E-state index contributed by atoms with van der Waals surface area (Å²) in [7, 11) is 0. The van der Waals surface area contributed by atoms with Crippen LogP contribution in [0.5, 0.6) is 0 Å². The summed E-state index contributed by atoms with van der Waals surface area (Å²) in [5, 5.41) is 24.2. The lowest BCUT2D eigenvalue weighted by Crippen LogP contribution is -2.47. The monoisotopic (exact) mass is 541 g/mol.